The van der Waals surface area contributed by atoms with E-state index < -0.39 is 0 Å². The second-order valence-corrected chi connectivity index (χ2v) is 4.31. The van der Waals surface area contributed by atoms with Crippen molar-refractivity contribution in [2.45, 2.75) is 32.7 Å². The molecule has 1 aromatic rings. The summed E-state index contributed by atoms with van der Waals surface area (Å²) >= 11 is 0. The van der Waals surface area contributed by atoms with E-state index >= 15 is 0 Å². The van der Waals surface area contributed by atoms with Crippen LogP contribution in [0.1, 0.15) is 30.7 Å². The van der Waals surface area contributed by atoms with Gasteiger partial charge < -0.3 is 15.6 Å². The van der Waals surface area contributed by atoms with Crippen LogP contribution < -0.4 is 11.1 Å². The van der Waals surface area contributed by atoms with E-state index in [0.717, 1.165) is 23.9 Å². The van der Waals surface area contributed by atoms with Gasteiger partial charge in [-0.1, -0.05) is 11.6 Å². The summed E-state index contributed by atoms with van der Waals surface area (Å²) in [6.45, 7) is 3.27. The predicted molar refractivity (Wildman–Crippen MR) is 61.9 cm³/mol. The lowest BCUT2D eigenvalue weighted by atomic mass is 9.85. The van der Waals surface area contributed by atoms with Gasteiger partial charge in [-0.15, -0.1) is 0 Å². The molecule has 0 spiro atoms. The van der Waals surface area contributed by atoms with Gasteiger partial charge in [0.25, 0.3) is 0 Å². The highest BCUT2D eigenvalue weighted by molar-refractivity contribution is 5.77. The molecule has 1 fully saturated rings. The van der Waals surface area contributed by atoms with Crippen molar-refractivity contribution in [1.29, 1.82) is 0 Å². The first-order valence-corrected chi connectivity index (χ1v) is 5.70. The van der Waals surface area contributed by atoms with Gasteiger partial charge in [0.2, 0.25) is 0 Å². The summed E-state index contributed by atoms with van der Waals surface area (Å²) in [5.41, 5.74) is 6.60. The number of aliphatic imine (C=N–C) groups is 1. The van der Waals surface area contributed by atoms with Crippen LogP contribution >= 0.6 is 0 Å². The number of nitrogens with two attached hydrogens (primary N) is 1. The van der Waals surface area contributed by atoms with E-state index in [-0.39, 0.29) is 0 Å². The summed E-state index contributed by atoms with van der Waals surface area (Å²) in [5.74, 6) is 2.01. The zero-order valence-electron chi connectivity index (χ0n) is 9.57. The van der Waals surface area contributed by atoms with Gasteiger partial charge in [0.05, 0.1) is 5.69 Å². The van der Waals surface area contributed by atoms with Gasteiger partial charge >= 0.3 is 0 Å². The molecular weight excluding hydrogens is 204 g/mol. The van der Waals surface area contributed by atoms with Gasteiger partial charge in [0.1, 0.15) is 6.54 Å². The minimum absolute atomic E-state index is 0.449. The lowest BCUT2D eigenvalue weighted by molar-refractivity contribution is 0.315. The normalized spacial score (nSPS) is 17.2. The molecule has 1 aliphatic rings. The molecule has 1 aliphatic carbocycles. The smallest absolute Gasteiger partial charge is 0.189 e. The van der Waals surface area contributed by atoms with Gasteiger partial charge in [0, 0.05) is 12.6 Å². The largest absolute Gasteiger partial charge is 0.370 e. The Labute approximate surface area is 95.1 Å². The average Bonchev–Trinajstić information content (AvgIpc) is 2.59. The third-order valence-corrected chi connectivity index (χ3v) is 2.88. The highest BCUT2D eigenvalue weighted by Crippen LogP contribution is 2.24. The fraction of sp³-hybridized carbons (Fsp3) is 0.636. The molecule has 3 N–H and O–H groups in total. The molecule has 5 nitrogen and oxygen atoms in total. The van der Waals surface area contributed by atoms with Crippen molar-refractivity contribution in [3.8, 4) is 0 Å². The predicted octanol–water partition coefficient (Wildman–Crippen LogP) is 1.19. The molecule has 0 atom stereocenters. The van der Waals surface area contributed by atoms with Crippen LogP contribution in [0.4, 0.5) is 0 Å². The molecule has 0 aliphatic heterocycles. The number of guanidine groups is 1. The number of nitrogens with zero attached hydrogens (tertiary/aromatic N) is 2. The highest BCUT2D eigenvalue weighted by Gasteiger charge is 2.16. The monoisotopic (exact) mass is 222 g/mol. The molecule has 0 radical (unpaired) electrons. The number of rotatable bonds is 4. The quantitative estimate of drug-likeness (QED) is 0.592. The maximum Gasteiger partial charge on any atom is 0.189 e. The SMILES string of the molecule is Cc1cc(CN=C(N)NCC2CCC2)on1. The molecule has 0 amide bonds. The van der Waals surface area contributed by atoms with E-state index in [1.807, 2.05) is 13.0 Å². The van der Waals surface area contributed by atoms with Crippen LogP contribution in [0.25, 0.3) is 0 Å². The second kappa shape index (κ2) is 5.01. The molecule has 1 heterocycles. The summed E-state index contributed by atoms with van der Waals surface area (Å²) < 4.78 is 5.03. The molecule has 0 aromatic carbocycles. The standard InChI is InChI=1S/C11H18N4O/c1-8-5-10(16-15-8)7-14-11(12)13-6-9-3-2-4-9/h5,9H,2-4,6-7H2,1H3,(H3,12,13,14). The molecule has 1 saturated carbocycles. The van der Waals surface area contributed by atoms with Crippen molar-refractivity contribution in [2.24, 2.45) is 16.6 Å². The molecule has 1 aromatic heterocycles. The van der Waals surface area contributed by atoms with Crippen LogP contribution in [0, 0.1) is 12.8 Å². The first-order chi connectivity index (χ1) is 7.74. The Morgan fingerprint density at radius 1 is 1.69 bits per heavy atom. The maximum absolute atomic E-state index is 5.73. The summed E-state index contributed by atoms with van der Waals surface area (Å²) in [6, 6.07) is 1.86. The lowest BCUT2D eigenvalue weighted by Crippen LogP contribution is -2.37. The van der Waals surface area contributed by atoms with Crippen LogP contribution in [-0.2, 0) is 6.54 Å². The Morgan fingerprint density at radius 3 is 3.06 bits per heavy atom. The average molecular weight is 222 g/mol. The van der Waals surface area contributed by atoms with E-state index in [2.05, 4.69) is 15.5 Å². The minimum atomic E-state index is 0.449. The summed E-state index contributed by atoms with van der Waals surface area (Å²) in [6.07, 6.45) is 3.96. The molecule has 16 heavy (non-hydrogen) atoms. The molecule has 0 unspecified atom stereocenters. The van der Waals surface area contributed by atoms with Gasteiger partial charge in [-0.3, -0.25) is 0 Å². The molecular formula is C11H18N4O. The van der Waals surface area contributed by atoms with Gasteiger partial charge in [0.15, 0.2) is 11.7 Å². The Morgan fingerprint density at radius 2 is 2.50 bits per heavy atom. The van der Waals surface area contributed by atoms with Gasteiger partial charge in [-0.2, -0.15) is 0 Å². The summed E-state index contributed by atoms with van der Waals surface area (Å²) in [4.78, 5) is 4.19. The molecule has 2 rings (SSSR count). The summed E-state index contributed by atoms with van der Waals surface area (Å²) in [7, 11) is 0. The van der Waals surface area contributed by atoms with Crippen molar-refractivity contribution in [2.75, 3.05) is 6.54 Å². The molecule has 0 bridgehead atoms. The van der Waals surface area contributed by atoms with Crippen LogP contribution in [0.5, 0.6) is 0 Å². The number of aromatic nitrogens is 1. The van der Waals surface area contributed by atoms with Crippen LogP contribution in [0.3, 0.4) is 0 Å². The van der Waals surface area contributed by atoms with Gasteiger partial charge in [-0.25, -0.2) is 4.99 Å². The van der Waals surface area contributed by atoms with Crippen LogP contribution in [0.2, 0.25) is 0 Å². The van der Waals surface area contributed by atoms with Crippen molar-refractivity contribution in [3.05, 3.63) is 17.5 Å². The maximum atomic E-state index is 5.73. The third-order valence-electron chi connectivity index (χ3n) is 2.88. The van der Waals surface area contributed by atoms with Crippen molar-refractivity contribution >= 4 is 5.96 Å². The highest BCUT2D eigenvalue weighted by atomic mass is 16.5. The van der Waals surface area contributed by atoms with E-state index in [0.29, 0.717) is 12.5 Å². The molecule has 88 valence electrons. The Hall–Kier alpha value is -1.52. The van der Waals surface area contributed by atoms with Crippen molar-refractivity contribution in [3.63, 3.8) is 0 Å². The first-order valence-electron chi connectivity index (χ1n) is 5.70. The Bertz CT molecular complexity index is 368. The topological polar surface area (TPSA) is 76.4 Å². The number of nitrogens with one attached hydrogen (secondary N) is 1. The van der Waals surface area contributed by atoms with Crippen LogP contribution in [0.15, 0.2) is 15.6 Å². The van der Waals surface area contributed by atoms with Crippen molar-refractivity contribution in [1.82, 2.24) is 10.5 Å². The fourth-order valence-electron chi connectivity index (χ4n) is 1.66. The molecule has 0 saturated heterocycles. The van der Waals surface area contributed by atoms with E-state index in [1.54, 1.807) is 0 Å². The van der Waals surface area contributed by atoms with Crippen LogP contribution in [-0.4, -0.2) is 17.7 Å². The lowest BCUT2D eigenvalue weighted by Gasteiger charge is -2.25. The zero-order valence-corrected chi connectivity index (χ0v) is 9.57. The second-order valence-electron chi connectivity index (χ2n) is 4.31. The number of hydrogen-bond acceptors (Lipinski definition) is 3. The first kappa shape index (κ1) is 11.0. The summed E-state index contributed by atoms with van der Waals surface area (Å²) in [5, 5.41) is 6.91. The fourth-order valence-corrected chi connectivity index (χ4v) is 1.66. The van der Waals surface area contributed by atoms with E-state index in [9.17, 15) is 0 Å². The van der Waals surface area contributed by atoms with Crippen molar-refractivity contribution < 1.29 is 4.52 Å². The Kier molecular flexibility index (Phi) is 3.44. The van der Waals surface area contributed by atoms with Gasteiger partial charge in [-0.05, 0) is 25.7 Å². The van der Waals surface area contributed by atoms with E-state index in [4.69, 9.17) is 10.3 Å². The number of aryl methyl sites for hydroxylation is 1. The Balaban J connectivity index is 1.73. The third kappa shape index (κ3) is 2.98. The van der Waals surface area contributed by atoms with E-state index in [1.165, 1.54) is 19.3 Å². The number of hydrogen-bond donors (Lipinski definition) is 2. The molecule has 5 heteroatoms. The zero-order chi connectivity index (χ0) is 11.4. The minimum Gasteiger partial charge on any atom is -0.370 e.